The largest absolute Gasteiger partial charge is 0.439 e. The number of carbonyl (C=O) groups is 2. The van der Waals surface area contributed by atoms with E-state index in [0.717, 1.165) is 23.3 Å². The number of rotatable bonds is 5. The van der Waals surface area contributed by atoms with Gasteiger partial charge in [-0.05, 0) is 42.7 Å². The number of cyclic esters (lactones) is 1. The summed E-state index contributed by atoms with van der Waals surface area (Å²) < 4.78 is 18.5. The van der Waals surface area contributed by atoms with Gasteiger partial charge in [-0.25, -0.2) is 9.18 Å². The maximum Gasteiger partial charge on any atom is 0.410 e. The zero-order valence-electron chi connectivity index (χ0n) is 16.0. The van der Waals surface area contributed by atoms with Crippen LogP contribution < -0.4 is 0 Å². The van der Waals surface area contributed by atoms with E-state index in [-0.39, 0.29) is 30.0 Å². The Morgan fingerprint density at radius 3 is 2.45 bits per heavy atom. The lowest BCUT2D eigenvalue weighted by atomic mass is 10.0. The molecule has 0 saturated carbocycles. The van der Waals surface area contributed by atoms with Crippen LogP contribution in [0, 0.1) is 5.82 Å². The Kier molecular flexibility index (Phi) is 6.04. The van der Waals surface area contributed by atoms with Gasteiger partial charge in [-0.1, -0.05) is 30.3 Å². The third-order valence-electron chi connectivity index (χ3n) is 5.45. The van der Waals surface area contributed by atoms with Gasteiger partial charge in [-0.15, -0.1) is 11.8 Å². The Morgan fingerprint density at radius 2 is 1.76 bits per heavy atom. The van der Waals surface area contributed by atoms with Crippen molar-refractivity contribution in [3.8, 4) is 0 Å². The van der Waals surface area contributed by atoms with Crippen molar-refractivity contribution in [1.29, 1.82) is 0 Å². The monoisotopic (exact) mass is 414 g/mol. The first-order valence-electron chi connectivity index (χ1n) is 9.78. The van der Waals surface area contributed by atoms with Crippen LogP contribution >= 0.6 is 11.8 Å². The fraction of sp³-hybridized carbons (Fsp3) is 0.364. The van der Waals surface area contributed by atoms with E-state index >= 15 is 0 Å². The van der Waals surface area contributed by atoms with Gasteiger partial charge in [0.1, 0.15) is 11.9 Å². The summed E-state index contributed by atoms with van der Waals surface area (Å²) in [7, 11) is 0. The van der Waals surface area contributed by atoms with E-state index in [1.54, 1.807) is 12.1 Å². The maximum absolute atomic E-state index is 13.0. The minimum absolute atomic E-state index is 0.0731. The van der Waals surface area contributed by atoms with Crippen LogP contribution in [0.5, 0.6) is 0 Å². The molecule has 2 aliphatic rings. The van der Waals surface area contributed by atoms with E-state index in [0.29, 0.717) is 25.4 Å². The molecule has 2 aromatic rings. The molecule has 2 aliphatic heterocycles. The fourth-order valence-electron chi connectivity index (χ4n) is 3.81. The van der Waals surface area contributed by atoms with Gasteiger partial charge >= 0.3 is 6.09 Å². The van der Waals surface area contributed by atoms with Crippen LogP contribution in [0.2, 0.25) is 0 Å². The molecular weight excluding hydrogens is 391 g/mol. The molecule has 2 saturated heterocycles. The number of hydrogen-bond donors (Lipinski definition) is 0. The summed E-state index contributed by atoms with van der Waals surface area (Å²) in [4.78, 5) is 29.4. The third-order valence-corrected chi connectivity index (χ3v) is 6.44. The molecule has 4 rings (SSSR count). The number of carbonyl (C=O) groups excluding carboxylic acids is 2. The van der Waals surface area contributed by atoms with E-state index in [1.165, 1.54) is 23.9 Å². The van der Waals surface area contributed by atoms with Gasteiger partial charge in [0, 0.05) is 24.0 Å². The molecule has 2 aromatic carbocycles. The predicted octanol–water partition coefficient (Wildman–Crippen LogP) is 4.10. The van der Waals surface area contributed by atoms with Crippen LogP contribution in [-0.4, -0.2) is 53.2 Å². The van der Waals surface area contributed by atoms with Gasteiger partial charge in [0.05, 0.1) is 12.3 Å². The van der Waals surface area contributed by atoms with Crippen molar-refractivity contribution in [2.45, 2.75) is 29.9 Å². The Balaban J connectivity index is 1.26. The number of halogens is 1. The Bertz CT molecular complexity index is 854. The molecule has 0 aliphatic carbocycles. The molecule has 29 heavy (non-hydrogen) atoms. The number of piperidine rings is 1. The highest BCUT2D eigenvalue weighted by Crippen LogP contribution is 2.30. The van der Waals surface area contributed by atoms with Crippen molar-refractivity contribution in [2.75, 3.05) is 25.4 Å². The second kappa shape index (κ2) is 8.86. The zero-order valence-corrected chi connectivity index (χ0v) is 16.8. The molecule has 0 radical (unpaired) electrons. The van der Waals surface area contributed by atoms with Crippen LogP contribution in [0.1, 0.15) is 24.5 Å². The van der Waals surface area contributed by atoms with E-state index in [1.807, 2.05) is 40.1 Å². The van der Waals surface area contributed by atoms with Gasteiger partial charge in [0.2, 0.25) is 5.91 Å². The second-order valence-electron chi connectivity index (χ2n) is 7.29. The van der Waals surface area contributed by atoms with Crippen LogP contribution in [0.15, 0.2) is 59.5 Å². The standard InChI is InChI=1S/C22H23FN2O3S/c23-17-6-8-19(9-7-17)29-15-21(26)24-12-10-18(11-13-24)25-14-20(28-22(25)27)16-4-2-1-3-5-16/h1-9,18,20H,10-15H2. The van der Waals surface area contributed by atoms with E-state index in [2.05, 4.69) is 0 Å². The minimum Gasteiger partial charge on any atom is -0.439 e. The highest BCUT2D eigenvalue weighted by Gasteiger charge is 2.38. The first-order chi connectivity index (χ1) is 14.1. The number of nitrogens with zero attached hydrogens (tertiary/aromatic N) is 2. The van der Waals surface area contributed by atoms with Crippen LogP contribution in [-0.2, 0) is 9.53 Å². The lowest BCUT2D eigenvalue weighted by Crippen LogP contribution is -2.47. The fourth-order valence-corrected chi connectivity index (χ4v) is 4.61. The molecule has 7 heteroatoms. The highest BCUT2D eigenvalue weighted by atomic mass is 32.2. The van der Waals surface area contributed by atoms with E-state index in [4.69, 9.17) is 4.74 Å². The summed E-state index contributed by atoms with van der Waals surface area (Å²) >= 11 is 1.41. The van der Waals surface area contributed by atoms with Gasteiger partial charge in [0.25, 0.3) is 0 Å². The number of benzene rings is 2. The Hall–Kier alpha value is -2.54. The van der Waals surface area contributed by atoms with Crippen molar-refractivity contribution in [1.82, 2.24) is 9.80 Å². The van der Waals surface area contributed by atoms with Crippen LogP contribution in [0.3, 0.4) is 0 Å². The maximum atomic E-state index is 13.0. The number of thioether (sulfide) groups is 1. The molecule has 0 spiro atoms. The van der Waals surface area contributed by atoms with E-state index in [9.17, 15) is 14.0 Å². The summed E-state index contributed by atoms with van der Waals surface area (Å²) in [6, 6.07) is 16.0. The zero-order chi connectivity index (χ0) is 20.2. The summed E-state index contributed by atoms with van der Waals surface area (Å²) in [5, 5.41) is 0. The van der Waals surface area contributed by atoms with Crippen LogP contribution in [0.25, 0.3) is 0 Å². The quantitative estimate of drug-likeness (QED) is 0.691. The first-order valence-corrected chi connectivity index (χ1v) is 10.8. The Labute approximate surface area is 173 Å². The van der Waals surface area contributed by atoms with Crippen molar-refractivity contribution < 1.29 is 18.7 Å². The molecule has 152 valence electrons. The molecule has 2 heterocycles. The molecule has 1 unspecified atom stereocenters. The summed E-state index contributed by atoms with van der Waals surface area (Å²) in [5.74, 6) is 0.125. The highest BCUT2D eigenvalue weighted by molar-refractivity contribution is 8.00. The smallest absolute Gasteiger partial charge is 0.410 e. The number of likely N-dealkylation sites (tertiary alicyclic amines) is 1. The molecule has 0 bridgehead atoms. The molecule has 5 nitrogen and oxygen atoms in total. The predicted molar refractivity (Wildman–Crippen MR) is 109 cm³/mol. The number of amides is 2. The Morgan fingerprint density at radius 1 is 1.07 bits per heavy atom. The lowest BCUT2D eigenvalue weighted by molar-refractivity contribution is -0.129. The van der Waals surface area contributed by atoms with Crippen molar-refractivity contribution in [3.05, 3.63) is 66.0 Å². The van der Waals surface area contributed by atoms with E-state index < -0.39 is 0 Å². The lowest BCUT2D eigenvalue weighted by Gasteiger charge is -2.35. The first kappa shape index (κ1) is 19.8. The second-order valence-corrected chi connectivity index (χ2v) is 8.34. The topological polar surface area (TPSA) is 49.9 Å². The number of hydrogen-bond acceptors (Lipinski definition) is 4. The van der Waals surface area contributed by atoms with Gasteiger partial charge in [-0.3, -0.25) is 4.79 Å². The molecule has 1 atom stereocenters. The normalized spacial score (nSPS) is 20.0. The van der Waals surface area contributed by atoms with Gasteiger partial charge < -0.3 is 14.5 Å². The average molecular weight is 415 g/mol. The van der Waals surface area contributed by atoms with Gasteiger partial charge in [-0.2, -0.15) is 0 Å². The molecule has 2 amide bonds. The van der Waals surface area contributed by atoms with Gasteiger partial charge in [0.15, 0.2) is 0 Å². The van der Waals surface area contributed by atoms with Crippen molar-refractivity contribution in [3.63, 3.8) is 0 Å². The summed E-state index contributed by atoms with van der Waals surface area (Å²) in [5.41, 5.74) is 1.01. The summed E-state index contributed by atoms with van der Waals surface area (Å²) in [6.07, 6.45) is 1.01. The third kappa shape index (κ3) is 4.72. The molecule has 2 fully saturated rings. The van der Waals surface area contributed by atoms with Crippen LogP contribution in [0.4, 0.5) is 9.18 Å². The SMILES string of the molecule is O=C(CSc1ccc(F)cc1)N1CCC(N2CC(c3ccccc3)OC2=O)CC1. The molecular formula is C22H23FN2O3S. The molecule has 0 N–H and O–H groups in total. The average Bonchev–Trinajstić information content (AvgIpc) is 3.15. The van der Waals surface area contributed by atoms with Crippen molar-refractivity contribution >= 4 is 23.8 Å². The summed E-state index contributed by atoms with van der Waals surface area (Å²) in [6.45, 7) is 1.82. The molecule has 0 aromatic heterocycles. The minimum atomic E-state index is -0.280. The van der Waals surface area contributed by atoms with Crippen molar-refractivity contribution in [2.24, 2.45) is 0 Å². The number of ether oxygens (including phenoxy) is 1.